The van der Waals surface area contributed by atoms with E-state index in [9.17, 15) is 8.78 Å². The first-order valence-electron chi connectivity index (χ1n) is 4.19. The average Bonchev–Trinajstić information content (AvgIpc) is 2.16. The van der Waals surface area contributed by atoms with Gasteiger partial charge in [0.25, 0.3) is 0 Å². The van der Waals surface area contributed by atoms with Gasteiger partial charge in [-0.1, -0.05) is 6.07 Å². The van der Waals surface area contributed by atoms with Crippen LogP contribution in [0.15, 0.2) is 18.2 Å². The van der Waals surface area contributed by atoms with Gasteiger partial charge in [-0.2, -0.15) is 5.26 Å². The molecule has 0 aliphatic rings. The fourth-order valence-electron chi connectivity index (χ4n) is 0.946. The normalized spacial score (nSPS) is 9.50. The fraction of sp³-hybridized carbons (Fsp3) is 0.300. The Balaban J connectivity index is 2.54. The largest absolute Gasteiger partial charge is 0.488 e. The zero-order valence-electron chi connectivity index (χ0n) is 7.46. The van der Waals surface area contributed by atoms with E-state index in [4.69, 9.17) is 10.00 Å². The van der Waals surface area contributed by atoms with Crippen LogP contribution in [0, 0.1) is 23.0 Å². The molecule has 0 N–H and O–H groups in total. The third-order valence-corrected chi connectivity index (χ3v) is 1.60. The first-order valence-corrected chi connectivity index (χ1v) is 4.19. The van der Waals surface area contributed by atoms with Gasteiger partial charge < -0.3 is 4.74 Å². The molecule has 14 heavy (non-hydrogen) atoms. The summed E-state index contributed by atoms with van der Waals surface area (Å²) in [4.78, 5) is 0. The molecular formula is C10H9F2NO. The van der Waals surface area contributed by atoms with Gasteiger partial charge in [0.15, 0.2) is 17.4 Å². The Hall–Kier alpha value is -1.63. The second-order valence-electron chi connectivity index (χ2n) is 2.66. The molecule has 1 aromatic carbocycles. The van der Waals surface area contributed by atoms with E-state index in [0.717, 1.165) is 12.1 Å². The van der Waals surface area contributed by atoms with Crippen LogP contribution >= 0.6 is 0 Å². The van der Waals surface area contributed by atoms with E-state index in [1.54, 1.807) is 0 Å². The van der Waals surface area contributed by atoms with Crippen molar-refractivity contribution >= 4 is 0 Å². The van der Waals surface area contributed by atoms with E-state index in [-0.39, 0.29) is 12.4 Å². The minimum absolute atomic E-state index is 0.144. The molecule has 0 heterocycles. The summed E-state index contributed by atoms with van der Waals surface area (Å²) in [5, 5.41) is 8.22. The number of nitrogens with zero attached hydrogens (tertiary/aromatic N) is 1. The molecule has 0 saturated heterocycles. The van der Waals surface area contributed by atoms with E-state index >= 15 is 0 Å². The van der Waals surface area contributed by atoms with Crippen molar-refractivity contribution in [1.82, 2.24) is 0 Å². The zero-order chi connectivity index (χ0) is 10.4. The van der Waals surface area contributed by atoms with Crippen molar-refractivity contribution in [2.24, 2.45) is 0 Å². The first-order chi connectivity index (χ1) is 6.75. The van der Waals surface area contributed by atoms with E-state index in [2.05, 4.69) is 0 Å². The van der Waals surface area contributed by atoms with Crippen molar-refractivity contribution in [3.05, 3.63) is 29.8 Å². The second kappa shape index (κ2) is 5.18. The Bertz CT molecular complexity index is 326. The molecule has 0 saturated carbocycles. The average molecular weight is 197 g/mol. The number of ether oxygens (including phenoxy) is 1. The van der Waals surface area contributed by atoms with Crippen molar-refractivity contribution in [3.8, 4) is 11.8 Å². The third-order valence-electron chi connectivity index (χ3n) is 1.60. The van der Waals surface area contributed by atoms with Gasteiger partial charge in [0.1, 0.15) is 0 Å². The molecule has 1 rings (SSSR count). The van der Waals surface area contributed by atoms with Crippen molar-refractivity contribution in [3.63, 3.8) is 0 Å². The maximum atomic E-state index is 12.9. The number of benzene rings is 1. The van der Waals surface area contributed by atoms with Crippen LogP contribution in [0.4, 0.5) is 8.78 Å². The predicted octanol–water partition coefficient (Wildman–Crippen LogP) is 2.65. The van der Waals surface area contributed by atoms with Crippen LogP contribution in [-0.4, -0.2) is 6.61 Å². The van der Waals surface area contributed by atoms with Crippen LogP contribution < -0.4 is 4.74 Å². The Kier molecular flexibility index (Phi) is 3.86. The fourth-order valence-corrected chi connectivity index (χ4v) is 0.946. The molecule has 0 unspecified atom stereocenters. The monoisotopic (exact) mass is 197 g/mol. The quantitative estimate of drug-likeness (QED) is 0.695. The summed E-state index contributed by atoms with van der Waals surface area (Å²) < 4.78 is 30.7. The summed E-state index contributed by atoms with van der Waals surface area (Å²) in [5.74, 6) is -1.81. The molecule has 74 valence electrons. The standard InChI is InChI=1S/C10H9F2NO/c11-8-4-3-5-9(12)10(8)14-7-2-1-6-13/h3-5H,1-2,7H2. The molecule has 0 atom stereocenters. The van der Waals surface area contributed by atoms with Gasteiger partial charge in [-0.3, -0.25) is 0 Å². The Labute approximate surface area is 80.7 Å². The molecule has 0 fully saturated rings. The van der Waals surface area contributed by atoms with Crippen LogP contribution in [0.5, 0.6) is 5.75 Å². The van der Waals surface area contributed by atoms with E-state index in [0.29, 0.717) is 12.8 Å². The highest BCUT2D eigenvalue weighted by Gasteiger charge is 2.08. The maximum absolute atomic E-state index is 12.9. The number of rotatable bonds is 4. The Morgan fingerprint density at radius 1 is 1.29 bits per heavy atom. The zero-order valence-corrected chi connectivity index (χ0v) is 7.46. The predicted molar refractivity (Wildman–Crippen MR) is 46.7 cm³/mol. The van der Waals surface area contributed by atoms with Crippen molar-refractivity contribution in [2.45, 2.75) is 12.8 Å². The molecule has 4 heteroatoms. The highest BCUT2D eigenvalue weighted by molar-refractivity contribution is 5.25. The van der Waals surface area contributed by atoms with E-state index in [1.165, 1.54) is 6.07 Å². The molecule has 0 amide bonds. The summed E-state index contributed by atoms with van der Waals surface area (Å²) >= 11 is 0. The van der Waals surface area contributed by atoms with Crippen LogP contribution in [-0.2, 0) is 0 Å². The van der Waals surface area contributed by atoms with Crippen LogP contribution in [0.2, 0.25) is 0 Å². The summed E-state index contributed by atoms with van der Waals surface area (Å²) in [6.45, 7) is 0.144. The molecular weight excluding hydrogens is 188 g/mol. The van der Waals surface area contributed by atoms with Gasteiger partial charge in [0, 0.05) is 6.42 Å². The molecule has 0 radical (unpaired) electrons. The van der Waals surface area contributed by atoms with Crippen molar-refractivity contribution < 1.29 is 13.5 Å². The molecule has 0 aromatic heterocycles. The lowest BCUT2D eigenvalue weighted by molar-refractivity contribution is 0.281. The lowest BCUT2D eigenvalue weighted by atomic mass is 10.3. The molecule has 1 aromatic rings. The Morgan fingerprint density at radius 3 is 2.50 bits per heavy atom. The van der Waals surface area contributed by atoms with Gasteiger partial charge >= 0.3 is 0 Å². The molecule has 0 aliphatic heterocycles. The number of unbranched alkanes of at least 4 members (excludes halogenated alkanes) is 1. The third kappa shape index (κ3) is 2.70. The summed E-state index contributed by atoms with van der Waals surface area (Å²) in [6, 6.07) is 5.44. The Morgan fingerprint density at radius 2 is 1.93 bits per heavy atom. The maximum Gasteiger partial charge on any atom is 0.190 e. The van der Waals surface area contributed by atoms with Gasteiger partial charge in [0.05, 0.1) is 12.7 Å². The van der Waals surface area contributed by atoms with Gasteiger partial charge in [0.2, 0.25) is 0 Å². The van der Waals surface area contributed by atoms with Crippen LogP contribution in [0.25, 0.3) is 0 Å². The SMILES string of the molecule is N#CCCCOc1c(F)cccc1F. The molecule has 0 spiro atoms. The van der Waals surface area contributed by atoms with Crippen LogP contribution in [0.1, 0.15) is 12.8 Å². The van der Waals surface area contributed by atoms with Gasteiger partial charge in [-0.25, -0.2) is 8.78 Å². The number of halogens is 2. The van der Waals surface area contributed by atoms with Crippen molar-refractivity contribution in [1.29, 1.82) is 5.26 Å². The number of hydrogen-bond acceptors (Lipinski definition) is 2. The number of hydrogen-bond donors (Lipinski definition) is 0. The topological polar surface area (TPSA) is 33.0 Å². The lowest BCUT2D eigenvalue weighted by Gasteiger charge is -2.06. The minimum Gasteiger partial charge on any atom is -0.488 e. The van der Waals surface area contributed by atoms with Crippen molar-refractivity contribution in [2.75, 3.05) is 6.61 Å². The van der Waals surface area contributed by atoms with E-state index < -0.39 is 11.6 Å². The van der Waals surface area contributed by atoms with Gasteiger partial charge in [-0.05, 0) is 18.6 Å². The molecule has 0 bridgehead atoms. The second-order valence-corrected chi connectivity index (χ2v) is 2.66. The minimum atomic E-state index is -0.720. The van der Waals surface area contributed by atoms with Crippen LogP contribution in [0.3, 0.4) is 0 Å². The highest BCUT2D eigenvalue weighted by Crippen LogP contribution is 2.20. The van der Waals surface area contributed by atoms with Gasteiger partial charge in [-0.15, -0.1) is 0 Å². The lowest BCUT2D eigenvalue weighted by Crippen LogP contribution is -2.00. The smallest absolute Gasteiger partial charge is 0.190 e. The molecule has 0 aliphatic carbocycles. The number of nitriles is 1. The number of para-hydroxylation sites is 1. The summed E-state index contributed by atoms with van der Waals surface area (Å²) in [6.07, 6.45) is 0.778. The highest BCUT2D eigenvalue weighted by atomic mass is 19.1. The molecule has 2 nitrogen and oxygen atoms in total. The first kappa shape index (κ1) is 10.5. The van der Waals surface area contributed by atoms with E-state index in [1.807, 2.05) is 6.07 Å². The summed E-state index contributed by atoms with van der Waals surface area (Å²) in [7, 11) is 0. The summed E-state index contributed by atoms with van der Waals surface area (Å²) in [5.41, 5.74) is 0.